The number of aliphatic hydroxyl groups is 1. The van der Waals surface area contributed by atoms with E-state index in [0.717, 1.165) is 23.1 Å². The molecule has 41 heavy (non-hydrogen) atoms. The Morgan fingerprint density at radius 3 is 1.93 bits per heavy atom. The highest BCUT2D eigenvalue weighted by Gasteiger charge is 2.12. The number of hydrogen-bond donors (Lipinski definition) is 2. The molecule has 0 aliphatic heterocycles. The highest BCUT2D eigenvalue weighted by molar-refractivity contribution is 5.69. The lowest BCUT2D eigenvalue weighted by molar-refractivity contribution is -0.131. The van der Waals surface area contributed by atoms with Gasteiger partial charge in [-0.25, -0.2) is 0 Å². The van der Waals surface area contributed by atoms with Gasteiger partial charge in [0.2, 0.25) is 0 Å². The molecule has 0 aliphatic rings. The summed E-state index contributed by atoms with van der Waals surface area (Å²) >= 11 is 0. The molecule has 7 nitrogen and oxygen atoms in total. The molecule has 214 valence electrons. The van der Waals surface area contributed by atoms with E-state index in [4.69, 9.17) is 18.9 Å². The van der Waals surface area contributed by atoms with E-state index in [2.05, 4.69) is 12.2 Å². The highest BCUT2D eigenvalue weighted by atomic mass is 16.5. The van der Waals surface area contributed by atoms with Gasteiger partial charge in [-0.05, 0) is 54.3 Å². The maximum absolute atomic E-state index is 11.1. The van der Waals surface area contributed by atoms with Crippen LogP contribution in [-0.4, -0.2) is 36.4 Å². The fraction of sp³-hybridized carbons (Fsp3) is 0.265. The van der Waals surface area contributed by atoms with Crippen molar-refractivity contribution in [1.29, 1.82) is 0 Å². The number of carbonyl (C=O) groups excluding carboxylic acids is 1. The van der Waals surface area contributed by atoms with E-state index >= 15 is 0 Å². The number of ether oxygens (including phenoxy) is 4. The summed E-state index contributed by atoms with van der Waals surface area (Å²) in [5.74, 6) is 1.96. The summed E-state index contributed by atoms with van der Waals surface area (Å²) in [6.45, 7) is 4.74. The van der Waals surface area contributed by atoms with Crippen molar-refractivity contribution in [3.8, 4) is 23.0 Å². The molecule has 4 aromatic carbocycles. The third-order valence-electron chi connectivity index (χ3n) is 6.26. The Hall–Kier alpha value is -4.33. The molecule has 0 aliphatic carbocycles. The zero-order valence-corrected chi connectivity index (χ0v) is 23.5. The van der Waals surface area contributed by atoms with E-state index in [9.17, 15) is 9.90 Å². The van der Waals surface area contributed by atoms with Crippen LogP contribution in [0.1, 0.15) is 30.5 Å². The van der Waals surface area contributed by atoms with Gasteiger partial charge in [-0.3, -0.25) is 4.79 Å². The van der Waals surface area contributed by atoms with Gasteiger partial charge in [0.15, 0.2) is 11.5 Å². The first kappa shape index (κ1) is 29.6. The van der Waals surface area contributed by atoms with Crippen molar-refractivity contribution in [2.24, 2.45) is 0 Å². The Balaban J connectivity index is 1.28. The third-order valence-corrected chi connectivity index (χ3v) is 6.26. The van der Waals surface area contributed by atoms with Gasteiger partial charge in [0, 0.05) is 25.6 Å². The first-order chi connectivity index (χ1) is 19.9. The molecule has 4 rings (SSSR count). The van der Waals surface area contributed by atoms with Crippen molar-refractivity contribution in [1.82, 2.24) is 5.32 Å². The van der Waals surface area contributed by atoms with Crippen molar-refractivity contribution in [3.05, 3.63) is 120 Å². The fourth-order valence-electron chi connectivity index (χ4n) is 4.15. The molecule has 2 atom stereocenters. The Bertz CT molecular complexity index is 1350. The molecule has 0 heterocycles. The lowest BCUT2D eigenvalue weighted by Gasteiger charge is -2.19. The van der Waals surface area contributed by atoms with Crippen LogP contribution in [0.15, 0.2) is 103 Å². The molecule has 0 fully saturated rings. The van der Waals surface area contributed by atoms with Gasteiger partial charge in [-0.15, -0.1) is 0 Å². The zero-order valence-electron chi connectivity index (χ0n) is 23.5. The van der Waals surface area contributed by atoms with E-state index in [1.165, 1.54) is 6.92 Å². The van der Waals surface area contributed by atoms with Crippen molar-refractivity contribution < 1.29 is 28.8 Å². The summed E-state index contributed by atoms with van der Waals surface area (Å²) in [6, 6.07) is 32.9. The predicted molar refractivity (Wildman–Crippen MR) is 158 cm³/mol. The van der Waals surface area contributed by atoms with Crippen molar-refractivity contribution >= 4 is 5.97 Å². The average Bonchev–Trinajstić information content (AvgIpc) is 2.99. The topological polar surface area (TPSA) is 86.3 Å². The quantitative estimate of drug-likeness (QED) is 0.143. The average molecular weight is 556 g/mol. The van der Waals surface area contributed by atoms with Crippen LogP contribution in [0.4, 0.5) is 0 Å². The van der Waals surface area contributed by atoms with Crippen LogP contribution in [-0.2, 0) is 24.4 Å². The predicted octanol–water partition coefficient (Wildman–Crippen LogP) is 5.73. The molecule has 0 aromatic heterocycles. The summed E-state index contributed by atoms with van der Waals surface area (Å²) < 4.78 is 23.2. The molecular weight excluding hydrogens is 518 g/mol. The van der Waals surface area contributed by atoms with Gasteiger partial charge < -0.3 is 29.4 Å². The van der Waals surface area contributed by atoms with Crippen molar-refractivity contribution in [3.63, 3.8) is 0 Å². The van der Waals surface area contributed by atoms with Gasteiger partial charge in [0.05, 0.1) is 0 Å². The minimum Gasteiger partial charge on any atom is -0.491 e. The number of nitrogens with one attached hydrogen (secondary N) is 1. The van der Waals surface area contributed by atoms with Crippen LogP contribution in [0, 0.1) is 0 Å². The van der Waals surface area contributed by atoms with E-state index in [-0.39, 0.29) is 18.6 Å². The van der Waals surface area contributed by atoms with Crippen LogP contribution in [0.25, 0.3) is 0 Å². The van der Waals surface area contributed by atoms with Gasteiger partial charge in [0.1, 0.15) is 37.4 Å². The molecule has 0 saturated carbocycles. The second kappa shape index (κ2) is 15.5. The lowest BCUT2D eigenvalue weighted by Crippen LogP contribution is -2.37. The number of rotatable bonds is 15. The molecule has 4 aromatic rings. The smallest absolute Gasteiger partial charge is 0.308 e. The second-order valence-electron chi connectivity index (χ2n) is 9.87. The van der Waals surface area contributed by atoms with Gasteiger partial charge >= 0.3 is 5.97 Å². The van der Waals surface area contributed by atoms with Crippen molar-refractivity contribution in [2.45, 2.75) is 45.6 Å². The third kappa shape index (κ3) is 10.3. The van der Waals surface area contributed by atoms with Crippen LogP contribution in [0.2, 0.25) is 0 Å². The summed E-state index contributed by atoms with van der Waals surface area (Å²) in [5, 5.41) is 13.9. The maximum Gasteiger partial charge on any atom is 0.308 e. The Morgan fingerprint density at radius 2 is 1.32 bits per heavy atom. The van der Waals surface area contributed by atoms with E-state index in [1.54, 1.807) is 18.2 Å². The molecule has 0 saturated heterocycles. The monoisotopic (exact) mass is 555 g/mol. The van der Waals surface area contributed by atoms with Crippen LogP contribution < -0.4 is 24.3 Å². The van der Waals surface area contributed by atoms with E-state index in [1.807, 2.05) is 84.9 Å². The van der Waals surface area contributed by atoms with E-state index < -0.39 is 6.10 Å². The number of hydrogen-bond acceptors (Lipinski definition) is 7. The summed E-state index contributed by atoms with van der Waals surface area (Å²) in [4.78, 5) is 11.1. The SMILES string of the molecule is CC(=O)Oc1ccc(CC(C)NCC(O)COc2ccc(OCc3ccccc3)c(OCc3ccccc3)c2)cc1. The minimum atomic E-state index is -0.702. The van der Waals surface area contributed by atoms with Gasteiger partial charge in [-0.2, -0.15) is 0 Å². The first-order valence-electron chi connectivity index (χ1n) is 13.7. The largest absolute Gasteiger partial charge is 0.491 e. The zero-order chi connectivity index (χ0) is 28.9. The van der Waals surface area contributed by atoms with Gasteiger partial charge in [0.25, 0.3) is 0 Å². The molecular formula is C34H37NO6. The second-order valence-corrected chi connectivity index (χ2v) is 9.87. The highest BCUT2D eigenvalue weighted by Crippen LogP contribution is 2.33. The van der Waals surface area contributed by atoms with Crippen LogP contribution in [0.5, 0.6) is 23.0 Å². The fourth-order valence-corrected chi connectivity index (χ4v) is 4.15. The standard InChI is InChI=1S/C34H37NO6/c1-25(19-27-13-15-31(16-14-27)41-26(2)36)35-21-30(37)24-38-32-17-18-33(39-22-28-9-5-3-6-10-28)34(20-32)40-23-29-11-7-4-8-12-29/h3-18,20,25,30,35,37H,19,21-24H2,1-2H3. The summed E-state index contributed by atoms with van der Waals surface area (Å²) in [5.41, 5.74) is 3.21. The normalized spacial score (nSPS) is 12.3. The van der Waals surface area contributed by atoms with Gasteiger partial charge in [-0.1, -0.05) is 72.8 Å². The molecule has 0 spiro atoms. The number of esters is 1. The van der Waals surface area contributed by atoms with Crippen LogP contribution in [0.3, 0.4) is 0 Å². The molecule has 0 radical (unpaired) electrons. The van der Waals surface area contributed by atoms with Crippen molar-refractivity contribution in [2.75, 3.05) is 13.2 Å². The summed E-state index contributed by atoms with van der Waals surface area (Å²) in [7, 11) is 0. The molecule has 0 bridgehead atoms. The number of benzene rings is 4. The Morgan fingerprint density at radius 1 is 0.732 bits per heavy atom. The van der Waals surface area contributed by atoms with E-state index in [0.29, 0.717) is 42.8 Å². The molecule has 0 amide bonds. The Kier molecular flexibility index (Phi) is 11.2. The number of aliphatic hydroxyl groups excluding tert-OH is 1. The minimum absolute atomic E-state index is 0.124. The molecule has 7 heteroatoms. The Labute approximate surface area is 241 Å². The summed E-state index contributed by atoms with van der Waals surface area (Å²) in [6.07, 6.45) is 0.0620. The first-order valence-corrected chi connectivity index (χ1v) is 13.7. The molecule has 2 unspecified atom stereocenters. The lowest BCUT2D eigenvalue weighted by atomic mass is 10.1. The maximum atomic E-state index is 11.1. The number of carbonyl (C=O) groups is 1. The molecule has 2 N–H and O–H groups in total. The van der Waals surface area contributed by atoms with Crippen LogP contribution >= 0.6 is 0 Å².